The number of hydrogen-bond donors (Lipinski definition) is 1. The van der Waals surface area contributed by atoms with E-state index in [4.69, 9.17) is 11.6 Å². The van der Waals surface area contributed by atoms with Crippen LogP contribution in [0.2, 0.25) is 5.02 Å². The number of sulfonamides is 1. The molecule has 0 heterocycles. The number of anilines is 1. The van der Waals surface area contributed by atoms with Crippen molar-refractivity contribution in [1.29, 1.82) is 0 Å². The third-order valence-corrected chi connectivity index (χ3v) is 8.41. The summed E-state index contributed by atoms with van der Waals surface area (Å²) >= 11 is 9.85. The molecule has 0 unspecified atom stereocenters. The summed E-state index contributed by atoms with van der Waals surface area (Å²) in [6, 6.07) is 20.8. The van der Waals surface area contributed by atoms with E-state index in [-0.39, 0.29) is 34.0 Å². The number of hydrogen-bond acceptors (Lipinski definition) is 4. The van der Waals surface area contributed by atoms with Crippen LogP contribution in [0.3, 0.4) is 0 Å². The molecule has 3 aromatic rings. The van der Waals surface area contributed by atoms with Crippen molar-refractivity contribution in [2.45, 2.75) is 38.3 Å². The van der Waals surface area contributed by atoms with Crippen LogP contribution in [0.5, 0.6) is 0 Å². The lowest BCUT2D eigenvalue weighted by molar-refractivity contribution is -0.139. The molecule has 0 saturated carbocycles. The van der Waals surface area contributed by atoms with Gasteiger partial charge in [-0.2, -0.15) is 0 Å². The average molecular weight is 621 g/mol. The summed E-state index contributed by atoms with van der Waals surface area (Å²) in [5.74, 6) is -0.638. The predicted octanol–water partition coefficient (Wildman–Crippen LogP) is 5.49. The summed E-state index contributed by atoms with van der Waals surface area (Å²) in [6.07, 6.45) is 0. The topological polar surface area (TPSA) is 86.8 Å². The van der Waals surface area contributed by atoms with Gasteiger partial charge in [0, 0.05) is 17.6 Å². The van der Waals surface area contributed by atoms with E-state index in [1.807, 2.05) is 38.1 Å². The van der Waals surface area contributed by atoms with Gasteiger partial charge < -0.3 is 10.2 Å². The van der Waals surface area contributed by atoms with Gasteiger partial charge in [0.2, 0.25) is 11.8 Å². The highest BCUT2D eigenvalue weighted by Gasteiger charge is 2.33. The standard InChI is InChI=1S/C28H31BrClN3O4S/c1-20(2)17-31-28(35)21(3)32(18-22-10-9-11-23(29)16-22)27(34)19-33(26-15-8-7-14-25(26)30)38(36,37)24-12-5-4-6-13-24/h4-16,20-21H,17-19H2,1-3H3,(H,31,35)/t21-/m0/s1. The summed E-state index contributed by atoms with van der Waals surface area (Å²) in [5, 5.41) is 3.05. The fourth-order valence-electron chi connectivity index (χ4n) is 3.75. The van der Waals surface area contributed by atoms with Crippen LogP contribution in [0.25, 0.3) is 0 Å². The Hall–Kier alpha value is -2.88. The molecule has 3 rings (SSSR count). The van der Waals surface area contributed by atoms with E-state index in [0.29, 0.717) is 6.54 Å². The molecule has 38 heavy (non-hydrogen) atoms. The van der Waals surface area contributed by atoms with Gasteiger partial charge in [-0.3, -0.25) is 13.9 Å². The zero-order chi connectivity index (χ0) is 27.9. The number of halogens is 2. The SMILES string of the molecule is CC(C)CNC(=O)[C@H](C)N(Cc1cccc(Br)c1)C(=O)CN(c1ccccc1Cl)S(=O)(=O)c1ccccc1. The summed E-state index contributed by atoms with van der Waals surface area (Å²) in [4.78, 5) is 28.3. The van der Waals surface area contributed by atoms with E-state index in [0.717, 1.165) is 14.3 Å². The first-order valence-corrected chi connectivity index (χ1v) is 14.8. The maximum atomic E-state index is 13.9. The van der Waals surface area contributed by atoms with E-state index in [9.17, 15) is 18.0 Å². The molecule has 0 bridgehead atoms. The van der Waals surface area contributed by atoms with Crippen molar-refractivity contribution < 1.29 is 18.0 Å². The Morgan fingerprint density at radius 2 is 1.61 bits per heavy atom. The Balaban J connectivity index is 2.01. The number of benzene rings is 3. The van der Waals surface area contributed by atoms with E-state index in [1.165, 1.54) is 17.0 Å². The molecule has 0 aliphatic rings. The Morgan fingerprint density at radius 1 is 0.947 bits per heavy atom. The van der Waals surface area contributed by atoms with E-state index in [1.54, 1.807) is 49.4 Å². The summed E-state index contributed by atoms with van der Waals surface area (Å²) in [5.41, 5.74) is 0.956. The number of rotatable bonds is 11. The van der Waals surface area contributed by atoms with Gasteiger partial charge in [-0.05, 0) is 54.8 Å². The number of para-hydroxylation sites is 1. The molecule has 0 saturated heterocycles. The predicted molar refractivity (Wildman–Crippen MR) is 154 cm³/mol. The quantitative estimate of drug-likeness (QED) is 0.307. The molecular formula is C28H31BrClN3O4S. The van der Waals surface area contributed by atoms with Gasteiger partial charge in [0.25, 0.3) is 10.0 Å². The summed E-state index contributed by atoms with van der Waals surface area (Å²) < 4.78 is 29.3. The first kappa shape index (κ1) is 29.7. The lowest BCUT2D eigenvalue weighted by Gasteiger charge is -2.32. The van der Waals surface area contributed by atoms with Crippen LogP contribution in [0.4, 0.5) is 5.69 Å². The van der Waals surface area contributed by atoms with Gasteiger partial charge in [0.15, 0.2) is 0 Å². The second kappa shape index (κ2) is 13.3. The normalized spacial score (nSPS) is 12.2. The highest BCUT2D eigenvalue weighted by Crippen LogP contribution is 2.30. The molecule has 1 N–H and O–H groups in total. The van der Waals surface area contributed by atoms with Crippen molar-refractivity contribution >= 4 is 55.1 Å². The fraction of sp³-hybridized carbons (Fsp3) is 0.286. The van der Waals surface area contributed by atoms with Crippen molar-refractivity contribution in [3.63, 3.8) is 0 Å². The van der Waals surface area contributed by atoms with Crippen LogP contribution in [0.15, 0.2) is 88.2 Å². The van der Waals surface area contributed by atoms with Gasteiger partial charge in [-0.25, -0.2) is 8.42 Å². The smallest absolute Gasteiger partial charge is 0.264 e. The lowest BCUT2D eigenvalue weighted by atomic mass is 10.1. The van der Waals surface area contributed by atoms with Crippen LogP contribution in [-0.2, 0) is 26.2 Å². The van der Waals surface area contributed by atoms with Crippen molar-refractivity contribution in [2.24, 2.45) is 5.92 Å². The molecule has 10 heteroatoms. The monoisotopic (exact) mass is 619 g/mol. The molecule has 0 radical (unpaired) electrons. The second-order valence-electron chi connectivity index (χ2n) is 9.24. The molecule has 3 aromatic carbocycles. The van der Waals surface area contributed by atoms with Crippen LogP contribution in [0, 0.1) is 5.92 Å². The summed E-state index contributed by atoms with van der Waals surface area (Å²) in [6.45, 7) is 5.61. The molecule has 1 atom stereocenters. The van der Waals surface area contributed by atoms with Crippen LogP contribution in [0.1, 0.15) is 26.3 Å². The van der Waals surface area contributed by atoms with Crippen molar-refractivity contribution in [3.05, 3.63) is 93.9 Å². The largest absolute Gasteiger partial charge is 0.354 e. The van der Waals surface area contributed by atoms with Crippen molar-refractivity contribution in [1.82, 2.24) is 10.2 Å². The number of nitrogens with zero attached hydrogens (tertiary/aromatic N) is 2. The molecule has 2 amide bonds. The molecule has 202 valence electrons. The lowest BCUT2D eigenvalue weighted by Crippen LogP contribution is -2.51. The van der Waals surface area contributed by atoms with Crippen LogP contribution >= 0.6 is 27.5 Å². The number of amides is 2. The molecule has 0 aromatic heterocycles. The number of carbonyl (C=O) groups is 2. The number of nitrogens with one attached hydrogen (secondary N) is 1. The van der Waals surface area contributed by atoms with E-state index in [2.05, 4.69) is 21.2 Å². The molecule has 0 aliphatic heterocycles. The van der Waals surface area contributed by atoms with Gasteiger partial charge in [-0.15, -0.1) is 0 Å². The van der Waals surface area contributed by atoms with Gasteiger partial charge in [0.05, 0.1) is 15.6 Å². The fourth-order valence-corrected chi connectivity index (χ4v) is 5.94. The van der Waals surface area contributed by atoms with Crippen LogP contribution in [-0.4, -0.2) is 44.3 Å². The molecule has 0 spiro atoms. The highest BCUT2D eigenvalue weighted by molar-refractivity contribution is 9.10. The minimum atomic E-state index is -4.16. The molecule has 7 nitrogen and oxygen atoms in total. The van der Waals surface area contributed by atoms with Crippen LogP contribution < -0.4 is 9.62 Å². The number of carbonyl (C=O) groups excluding carboxylic acids is 2. The Morgan fingerprint density at radius 3 is 2.24 bits per heavy atom. The van der Waals surface area contributed by atoms with Gasteiger partial charge >= 0.3 is 0 Å². The Labute approximate surface area is 238 Å². The van der Waals surface area contributed by atoms with Gasteiger partial charge in [-0.1, -0.05) is 83.8 Å². The zero-order valence-electron chi connectivity index (χ0n) is 21.5. The minimum Gasteiger partial charge on any atom is -0.354 e. The molecular weight excluding hydrogens is 590 g/mol. The first-order chi connectivity index (χ1) is 18.0. The van der Waals surface area contributed by atoms with Crippen molar-refractivity contribution in [2.75, 3.05) is 17.4 Å². The van der Waals surface area contributed by atoms with Crippen molar-refractivity contribution in [3.8, 4) is 0 Å². The zero-order valence-corrected chi connectivity index (χ0v) is 24.6. The van der Waals surface area contributed by atoms with E-state index >= 15 is 0 Å². The van der Waals surface area contributed by atoms with Gasteiger partial charge in [0.1, 0.15) is 12.6 Å². The molecule has 0 fully saturated rings. The Kier molecular flexibility index (Phi) is 10.4. The Bertz CT molecular complexity index is 1370. The third-order valence-electron chi connectivity index (χ3n) is 5.83. The first-order valence-electron chi connectivity index (χ1n) is 12.1. The maximum absolute atomic E-state index is 13.9. The highest BCUT2D eigenvalue weighted by atomic mass is 79.9. The maximum Gasteiger partial charge on any atom is 0.264 e. The summed E-state index contributed by atoms with van der Waals surface area (Å²) in [7, 11) is -4.16. The van der Waals surface area contributed by atoms with E-state index < -0.39 is 28.5 Å². The average Bonchev–Trinajstić information content (AvgIpc) is 2.89. The third kappa shape index (κ3) is 7.58. The molecule has 0 aliphatic carbocycles. The second-order valence-corrected chi connectivity index (χ2v) is 12.4. The minimum absolute atomic E-state index is 0.0222.